The Bertz CT molecular complexity index is 352. The highest BCUT2D eigenvalue weighted by atomic mass is 16.6. The number of hydrogen-bond donors (Lipinski definition) is 2. The molecule has 0 radical (unpaired) electrons. The predicted molar refractivity (Wildman–Crippen MR) is 74.0 cm³/mol. The van der Waals surface area contributed by atoms with Crippen molar-refractivity contribution in [3.63, 3.8) is 0 Å². The van der Waals surface area contributed by atoms with E-state index in [1.54, 1.807) is 0 Å². The van der Waals surface area contributed by atoms with Crippen LogP contribution in [0.1, 0.15) is 47.0 Å². The maximum Gasteiger partial charge on any atom is 0.336 e. The van der Waals surface area contributed by atoms with E-state index in [9.17, 15) is 14.7 Å². The molecule has 0 heterocycles. The summed E-state index contributed by atoms with van der Waals surface area (Å²) in [5.41, 5.74) is 0. The predicted octanol–water partition coefficient (Wildman–Crippen LogP) is 2.07. The molecule has 2 N–H and O–H groups in total. The maximum absolute atomic E-state index is 11.9. The van der Waals surface area contributed by atoms with Crippen molar-refractivity contribution in [2.24, 2.45) is 23.7 Å². The highest BCUT2D eigenvalue weighted by Crippen LogP contribution is 2.35. The molecule has 5 nitrogen and oxygen atoms in total. The third kappa shape index (κ3) is 4.20. The van der Waals surface area contributed by atoms with Crippen LogP contribution in [0, 0.1) is 23.7 Å². The molecule has 0 bridgehead atoms. The average Bonchev–Trinajstić information content (AvgIpc) is 2.36. The van der Waals surface area contributed by atoms with Gasteiger partial charge in [-0.15, -0.1) is 0 Å². The third-order valence-electron chi connectivity index (χ3n) is 4.33. The van der Waals surface area contributed by atoms with E-state index in [0.717, 1.165) is 19.3 Å². The molecule has 5 heteroatoms. The van der Waals surface area contributed by atoms with Gasteiger partial charge in [0.05, 0.1) is 5.92 Å². The van der Waals surface area contributed by atoms with Crippen molar-refractivity contribution in [3.05, 3.63) is 0 Å². The van der Waals surface area contributed by atoms with Crippen LogP contribution >= 0.6 is 0 Å². The van der Waals surface area contributed by atoms with Gasteiger partial charge in [-0.25, -0.2) is 4.79 Å². The molecule has 0 saturated heterocycles. The Morgan fingerprint density at radius 1 is 1.20 bits per heavy atom. The summed E-state index contributed by atoms with van der Waals surface area (Å²) in [4.78, 5) is 22.7. The number of aliphatic hydroxyl groups excluding tert-OH is 1. The standard InChI is InChI=1S/C15H26O5/c1-8(2)11-6-5-9(3)7-12(11)20-15(19)13(16)10(4)14(17)18/h8-13,16H,5-7H2,1-4H3,(H,17,18). The van der Waals surface area contributed by atoms with Crippen LogP contribution in [0.2, 0.25) is 0 Å². The molecule has 1 aliphatic rings. The van der Waals surface area contributed by atoms with Crippen molar-refractivity contribution in [1.29, 1.82) is 0 Å². The van der Waals surface area contributed by atoms with Crippen molar-refractivity contribution < 1.29 is 24.5 Å². The molecular formula is C15H26O5. The number of carbonyl (C=O) groups excluding carboxylic acids is 1. The summed E-state index contributed by atoms with van der Waals surface area (Å²) in [7, 11) is 0. The van der Waals surface area contributed by atoms with E-state index in [4.69, 9.17) is 9.84 Å². The van der Waals surface area contributed by atoms with E-state index in [1.165, 1.54) is 6.92 Å². The Morgan fingerprint density at radius 3 is 2.30 bits per heavy atom. The number of aliphatic carboxylic acids is 1. The van der Waals surface area contributed by atoms with Gasteiger partial charge in [-0.3, -0.25) is 4.79 Å². The molecule has 0 aliphatic heterocycles. The molecule has 5 atom stereocenters. The van der Waals surface area contributed by atoms with Gasteiger partial charge in [0, 0.05) is 0 Å². The Hall–Kier alpha value is -1.10. The second-order valence-electron chi connectivity index (χ2n) is 6.37. The van der Waals surface area contributed by atoms with Crippen molar-refractivity contribution in [3.8, 4) is 0 Å². The van der Waals surface area contributed by atoms with Gasteiger partial charge in [-0.1, -0.05) is 27.2 Å². The zero-order chi connectivity index (χ0) is 15.4. The van der Waals surface area contributed by atoms with Gasteiger partial charge in [0.25, 0.3) is 0 Å². The number of carboxylic acid groups (broad SMARTS) is 1. The van der Waals surface area contributed by atoms with E-state index >= 15 is 0 Å². The fraction of sp³-hybridized carbons (Fsp3) is 0.867. The Morgan fingerprint density at radius 2 is 1.80 bits per heavy atom. The van der Waals surface area contributed by atoms with Crippen LogP contribution in [-0.2, 0) is 14.3 Å². The lowest BCUT2D eigenvalue weighted by Gasteiger charge is -2.37. The fourth-order valence-corrected chi connectivity index (χ4v) is 2.81. The summed E-state index contributed by atoms with van der Waals surface area (Å²) >= 11 is 0. The van der Waals surface area contributed by atoms with Crippen LogP contribution < -0.4 is 0 Å². The number of aliphatic hydroxyl groups is 1. The molecule has 1 saturated carbocycles. The highest BCUT2D eigenvalue weighted by molar-refractivity contribution is 5.82. The van der Waals surface area contributed by atoms with Gasteiger partial charge in [-0.05, 0) is 37.5 Å². The lowest BCUT2D eigenvalue weighted by Crippen LogP contribution is -2.41. The molecule has 0 aromatic heterocycles. The summed E-state index contributed by atoms with van der Waals surface area (Å²) in [6.45, 7) is 7.61. The Kier molecular flexibility index (Phi) is 5.99. The SMILES string of the molecule is CC1CCC(C(C)C)C(OC(=O)C(O)C(C)C(=O)O)C1. The topological polar surface area (TPSA) is 83.8 Å². The zero-order valence-electron chi connectivity index (χ0n) is 12.7. The number of esters is 1. The van der Waals surface area contributed by atoms with E-state index in [1.807, 2.05) is 0 Å². The number of rotatable bonds is 5. The fourth-order valence-electron chi connectivity index (χ4n) is 2.81. The van der Waals surface area contributed by atoms with E-state index in [2.05, 4.69) is 20.8 Å². The first-order valence-corrected chi connectivity index (χ1v) is 7.35. The monoisotopic (exact) mass is 286 g/mol. The first kappa shape index (κ1) is 17.0. The normalized spacial score (nSPS) is 29.8. The molecule has 1 rings (SSSR count). The molecule has 1 fully saturated rings. The molecule has 116 valence electrons. The van der Waals surface area contributed by atoms with Gasteiger partial charge >= 0.3 is 11.9 Å². The first-order valence-electron chi connectivity index (χ1n) is 7.35. The van der Waals surface area contributed by atoms with E-state index in [0.29, 0.717) is 11.8 Å². The summed E-state index contributed by atoms with van der Waals surface area (Å²) in [5.74, 6) is -2.01. The van der Waals surface area contributed by atoms with Gasteiger partial charge in [0.1, 0.15) is 6.10 Å². The summed E-state index contributed by atoms with van der Waals surface area (Å²) in [5, 5.41) is 18.5. The summed E-state index contributed by atoms with van der Waals surface area (Å²) in [6.07, 6.45) is 1.08. The van der Waals surface area contributed by atoms with Gasteiger partial charge in [-0.2, -0.15) is 0 Å². The summed E-state index contributed by atoms with van der Waals surface area (Å²) in [6, 6.07) is 0. The maximum atomic E-state index is 11.9. The van der Waals surface area contributed by atoms with Gasteiger partial charge in [0.15, 0.2) is 6.10 Å². The van der Waals surface area contributed by atoms with Crippen molar-refractivity contribution >= 4 is 11.9 Å². The molecule has 0 aromatic rings. The first-order chi connectivity index (χ1) is 9.23. The highest BCUT2D eigenvalue weighted by Gasteiger charge is 2.36. The van der Waals surface area contributed by atoms with Crippen molar-refractivity contribution in [1.82, 2.24) is 0 Å². The average molecular weight is 286 g/mol. The molecular weight excluding hydrogens is 260 g/mol. The number of carboxylic acids is 1. The lowest BCUT2D eigenvalue weighted by molar-refractivity contribution is -0.172. The van der Waals surface area contributed by atoms with Crippen LogP contribution in [0.15, 0.2) is 0 Å². The Balaban J connectivity index is 2.68. The minimum absolute atomic E-state index is 0.220. The van der Waals surface area contributed by atoms with Crippen molar-refractivity contribution in [2.45, 2.75) is 59.2 Å². The van der Waals surface area contributed by atoms with E-state index < -0.39 is 24.0 Å². The third-order valence-corrected chi connectivity index (χ3v) is 4.33. The molecule has 0 aromatic carbocycles. The van der Waals surface area contributed by atoms with Crippen molar-refractivity contribution in [2.75, 3.05) is 0 Å². The van der Waals surface area contributed by atoms with Gasteiger partial charge in [0.2, 0.25) is 0 Å². The quantitative estimate of drug-likeness (QED) is 0.756. The molecule has 1 aliphatic carbocycles. The van der Waals surface area contributed by atoms with Crippen LogP contribution in [-0.4, -0.2) is 34.4 Å². The van der Waals surface area contributed by atoms with Gasteiger partial charge < -0.3 is 14.9 Å². The lowest BCUT2D eigenvalue weighted by atomic mass is 9.75. The van der Waals surface area contributed by atoms with Crippen LogP contribution in [0.5, 0.6) is 0 Å². The van der Waals surface area contributed by atoms with Crippen LogP contribution in [0.3, 0.4) is 0 Å². The second-order valence-corrected chi connectivity index (χ2v) is 6.37. The second kappa shape index (κ2) is 7.07. The zero-order valence-corrected chi connectivity index (χ0v) is 12.7. The smallest absolute Gasteiger partial charge is 0.336 e. The molecule has 5 unspecified atom stereocenters. The van der Waals surface area contributed by atoms with E-state index in [-0.39, 0.29) is 12.0 Å². The van der Waals surface area contributed by atoms with Crippen LogP contribution in [0.25, 0.3) is 0 Å². The molecule has 0 amide bonds. The number of ether oxygens (including phenoxy) is 1. The minimum atomic E-state index is -1.60. The largest absolute Gasteiger partial charge is 0.481 e. The Labute approximate surface area is 120 Å². The number of hydrogen-bond acceptors (Lipinski definition) is 4. The summed E-state index contributed by atoms with van der Waals surface area (Å²) < 4.78 is 5.42. The molecule has 0 spiro atoms. The number of carbonyl (C=O) groups is 2. The molecule has 20 heavy (non-hydrogen) atoms. The minimum Gasteiger partial charge on any atom is -0.481 e. The van der Waals surface area contributed by atoms with Crippen LogP contribution in [0.4, 0.5) is 0 Å².